The van der Waals surface area contributed by atoms with Gasteiger partial charge in [0.05, 0.1) is 6.61 Å². The SMILES string of the molecule is O=C(NCc1cccc(F)c1)N(CC1CCOC1)C1CC1. The van der Waals surface area contributed by atoms with Crippen LogP contribution in [0.1, 0.15) is 24.8 Å². The molecule has 2 fully saturated rings. The Morgan fingerprint density at radius 3 is 2.90 bits per heavy atom. The quantitative estimate of drug-likeness (QED) is 0.906. The third kappa shape index (κ3) is 3.94. The summed E-state index contributed by atoms with van der Waals surface area (Å²) < 4.78 is 18.5. The van der Waals surface area contributed by atoms with Gasteiger partial charge in [0.15, 0.2) is 0 Å². The minimum absolute atomic E-state index is 0.0475. The molecule has 1 saturated carbocycles. The third-order valence-electron chi connectivity index (χ3n) is 4.06. The average Bonchev–Trinajstić information content (AvgIpc) is 3.19. The molecule has 1 N–H and O–H groups in total. The number of ether oxygens (including phenoxy) is 1. The predicted molar refractivity (Wildman–Crippen MR) is 77.3 cm³/mol. The van der Waals surface area contributed by atoms with Gasteiger partial charge >= 0.3 is 6.03 Å². The van der Waals surface area contributed by atoms with Crippen LogP contribution in [0.2, 0.25) is 0 Å². The first-order chi connectivity index (χ1) is 10.2. The largest absolute Gasteiger partial charge is 0.381 e. The van der Waals surface area contributed by atoms with Crippen LogP contribution in [0.25, 0.3) is 0 Å². The van der Waals surface area contributed by atoms with E-state index in [1.807, 2.05) is 11.0 Å². The number of hydrogen-bond donors (Lipinski definition) is 1. The maximum atomic E-state index is 13.1. The van der Waals surface area contributed by atoms with E-state index >= 15 is 0 Å². The maximum Gasteiger partial charge on any atom is 0.317 e. The first kappa shape index (κ1) is 14.3. The van der Waals surface area contributed by atoms with Gasteiger partial charge in [-0.25, -0.2) is 9.18 Å². The van der Waals surface area contributed by atoms with Crippen LogP contribution in [0, 0.1) is 11.7 Å². The molecule has 1 saturated heterocycles. The summed E-state index contributed by atoms with van der Waals surface area (Å²) in [5.41, 5.74) is 0.781. The highest BCUT2D eigenvalue weighted by Crippen LogP contribution is 2.29. The van der Waals surface area contributed by atoms with Gasteiger partial charge in [-0.3, -0.25) is 0 Å². The van der Waals surface area contributed by atoms with Gasteiger partial charge in [0, 0.05) is 31.7 Å². The van der Waals surface area contributed by atoms with Gasteiger partial charge in [0.1, 0.15) is 5.82 Å². The van der Waals surface area contributed by atoms with Crippen LogP contribution in [0.4, 0.5) is 9.18 Å². The molecule has 0 radical (unpaired) electrons. The number of nitrogens with zero attached hydrogens (tertiary/aromatic N) is 1. The van der Waals surface area contributed by atoms with Crippen LogP contribution in [-0.2, 0) is 11.3 Å². The zero-order chi connectivity index (χ0) is 14.7. The molecule has 0 aromatic heterocycles. The zero-order valence-corrected chi connectivity index (χ0v) is 12.1. The van der Waals surface area contributed by atoms with E-state index in [1.165, 1.54) is 12.1 Å². The van der Waals surface area contributed by atoms with Gasteiger partial charge in [0.25, 0.3) is 0 Å². The van der Waals surface area contributed by atoms with E-state index in [0.717, 1.165) is 44.6 Å². The molecule has 1 aliphatic carbocycles. The van der Waals surface area contributed by atoms with Gasteiger partial charge in [0.2, 0.25) is 0 Å². The van der Waals surface area contributed by atoms with Crippen molar-refractivity contribution in [2.45, 2.75) is 31.8 Å². The summed E-state index contributed by atoms with van der Waals surface area (Å²) in [5, 5.41) is 2.90. The molecule has 0 bridgehead atoms. The molecule has 1 atom stereocenters. The fourth-order valence-corrected chi connectivity index (χ4v) is 2.72. The minimum atomic E-state index is -0.274. The number of carbonyl (C=O) groups is 1. The molecule has 1 unspecified atom stereocenters. The van der Waals surface area contributed by atoms with Crippen molar-refractivity contribution in [3.63, 3.8) is 0 Å². The van der Waals surface area contributed by atoms with E-state index in [2.05, 4.69) is 5.32 Å². The lowest BCUT2D eigenvalue weighted by atomic mass is 10.1. The third-order valence-corrected chi connectivity index (χ3v) is 4.06. The molecular formula is C16H21FN2O2. The Labute approximate surface area is 124 Å². The van der Waals surface area contributed by atoms with Crippen LogP contribution < -0.4 is 5.32 Å². The molecule has 2 aliphatic rings. The highest BCUT2D eigenvalue weighted by Gasteiger charge is 2.34. The van der Waals surface area contributed by atoms with E-state index in [0.29, 0.717) is 18.5 Å². The Morgan fingerprint density at radius 2 is 2.24 bits per heavy atom. The van der Waals surface area contributed by atoms with Crippen molar-refractivity contribution in [3.8, 4) is 0 Å². The Hall–Kier alpha value is -1.62. The fourth-order valence-electron chi connectivity index (χ4n) is 2.72. The second-order valence-corrected chi connectivity index (χ2v) is 5.90. The Kier molecular flexibility index (Phi) is 4.39. The molecule has 5 heteroatoms. The van der Waals surface area contributed by atoms with Gasteiger partial charge < -0.3 is 15.0 Å². The topological polar surface area (TPSA) is 41.6 Å². The standard InChI is InChI=1S/C16H21FN2O2/c17-14-3-1-2-12(8-14)9-18-16(20)19(15-4-5-15)10-13-6-7-21-11-13/h1-3,8,13,15H,4-7,9-11H2,(H,18,20). The van der Waals surface area contributed by atoms with Crippen molar-refractivity contribution in [1.29, 1.82) is 0 Å². The number of hydrogen-bond acceptors (Lipinski definition) is 2. The van der Waals surface area contributed by atoms with Crippen LogP contribution in [-0.4, -0.2) is 36.7 Å². The van der Waals surface area contributed by atoms with E-state index < -0.39 is 0 Å². The first-order valence-electron chi connectivity index (χ1n) is 7.59. The molecular weight excluding hydrogens is 271 g/mol. The smallest absolute Gasteiger partial charge is 0.317 e. The normalized spacial score (nSPS) is 21.3. The number of amides is 2. The van der Waals surface area contributed by atoms with Gasteiger partial charge in [-0.15, -0.1) is 0 Å². The number of carbonyl (C=O) groups excluding carboxylic acids is 1. The molecule has 0 spiro atoms. The lowest BCUT2D eigenvalue weighted by Crippen LogP contribution is -2.43. The number of benzene rings is 1. The summed E-state index contributed by atoms with van der Waals surface area (Å²) >= 11 is 0. The molecule has 114 valence electrons. The van der Waals surface area contributed by atoms with Crippen molar-refractivity contribution in [3.05, 3.63) is 35.6 Å². The average molecular weight is 292 g/mol. The van der Waals surface area contributed by atoms with Crippen LogP contribution >= 0.6 is 0 Å². The van der Waals surface area contributed by atoms with Crippen LogP contribution in [0.3, 0.4) is 0 Å². The van der Waals surface area contributed by atoms with Gasteiger partial charge in [-0.1, -0.05) is 12.1 Å². The molecule has 3 rings (SSSR count). The molecule has 1 aromatic carbocycles. The molecule has 4 nitrogen and oxygen atoms in total. The number of nitrogens with one attached hydrogen (secondary N) is 1. The zero-order valence-electron chi connectivity index (χ0n) is 12.1. The van der Waals surface area contributed by atoms with Crippen molar-refractivity contribution < 1.29 is 13.9 Å². The second-order valence-electron chi connectivity index (χ2n) is 5.90. The summed E-state index contributed by atoms with van der Waals surface area (Å²) in [6.45, 7) is 2.68. The summed E-state index contributed by atoms with van der Waals surface area (Å²) in [7, 11) is 0. The molecule has 21 heavy (non-hydrogen) atoms. The number of urea groups is 1. The van der Waals surface area contributed by atoms with Crippen LogP contribution in [0.15, 0.2) is 24.3 Å². The predicted octanol–water partition coefficient (Wildman–Crippen LogP) is 2.54. The Balaban J connectivity index is 1.54. The van der Waals surface area contributed by atoms with Crippen LogP contribution in [0.5, 0.6) is 0 Å². The molecule has 2 amide bonds. The second kappa shape index (κ2) is 6.43. The summed E-state index contributed by atoms with van der Waals surface area (Å²) in [4.78, 5) is 14.3. The summed E-state index contributed by atoms with van der Waals surface area (Å²) in [5.74, 6) is 0.175. The lowest BCUT2D eigenvalue weighted by molar-refractivity contribution is 0.162. The van der Waals surface area contributed by atoms with E-state index in [4.69, 9.17) is 4.74 Å². The first-order valence-corrected chi connectivity index (χ1v) is 7.59. The highest BCUT2D eigenvalue weighted by atomic mass is 19.1. The van der Waals surface area contributed by atoms with Crippen molar-refractivity contribution in [2.75, 3.05) is 19.8 Å². The van der Waals surface area contributed by atoms with Gasteiger partial charge in [-0.05, 0) is 37.0 Å². The van der Waals surface area contributed by atoms with E-state index in [9.17, 15) is 9.18 Å². The highest BCUT2D eigenvalue weighted by molar-refractivity contribution is 5.75. The minimum Gasteiger partial charge on any atom is -0.381 e. The van der Waals surface area contributed by atoms with Crippen molar-refractivity contribution >= 4 is 6.03 Å². The molecule has 1 aromatic rings. The van der Waals surface area contributed by atoms with E-state index in [-0.39, 0.29) is 11.8 Å². The Bertz CT molecular complexity index is 499. The van der Waals surface area contributed by atoms with Crippen molar-refractivity contribution in [2.24, 2.45) is 5.92 Å². The molecule has 1 aliphatic heterocycles. The number of halogens is 1. The van der Waals surface area contributed by atoms with Crippen molar-refractivity contribution in [1.82, 2.24) is 10.2 Å². The Morgan fingerprint density at radius 1 is 1.38 bits per heavy atom. The lowest BCUT2D eigenvalue weighted by Gasteiger charge is -2.25. The monoisotopic (exact) mass is 292 g/mol. The van der Waals surface area contributed by atoms with Gasteiger partial charge in [-0.2, -0.15) is 0 Å². The van der Waals surface area contributed by atoms with E-state index in [1.54, 1.807) is 6.07 Å². The number of rotatable bonds is 5. The molecule has 1 heterocycles. The maximum absolute atomic E-state index is 13.1. The fraction of sp³-hybridized carbons (Fsp3) is 0.562. The summed E-state index contributed by atoms with van der Waals surface area (Å²) in [6.07, 6.45) is 3.20. The summed E-state index contributed by atoms with van der Waals surface area (Å²) in [6, 6.07) is 6.65.